The fourth-order valence-corrected chi connectivity index (χ4v) is 1.95. The van der Waals surface area contributed by atoms with Crippen LogP contribution >= 0.6 is 23.2 Å². The Morgan fingerprint density at radius 3 is 2.44 bits per heavy atom. The van der Waals surface area contributed by atoms with Crippen LogP contribution in [0.2, 0.25) is 10.0 Å². The Hall–Kier alpha value is -0.790. The zero-order valence-corrected chi connectivity index (χ0v) is 11.0. The lowest BCUT2D eigenvalue weighted by atomic mass is 9.86. The zero-order valence-electron chi connectivity index (χ0n) is 9.51. The van der Waals surface area contributed by atoms with Gasteiger partial charge in [0.15, 0.2) is 0 Å². The molecule has 0 radical (unpaired) electrons. The molecule has 2 aromatic rings. The molecule has 3 heteroatoms. The third-order valence-electron chi connectivity index (χ3n) is 2.63. The Labute approximate surface area is 105 Å². The first-order valence-corrected chi connectivity index (χ1v) is 5.89. The second kappa shape index (κ2) is 3.90. The summed E-state index contributed by atoms with van der Waals surface area (Å²) in [6.07, 6.45) is 1.59. The number of fused-ring (bicyclic) bond motifs is 1. The minimum atomic E-state index is 0.0971. The molecule has 0 aliphatic carbocycles. The first-order valence-electron chi connectivity index (χ1n) is 5.14. The highest BCUT2D eigenvalue weighted by atomic mass is 35.5. The second-order valence-corrected chi connectivity index (χ2v) is 5.69. The number of hydrogen-bond donors (Lipinski definition) is 0. The average molecular weight is 254 g/mol. The fourth-order valence-electron chi connectivity index (χ4n) is 1.60. The van der Waals surface area contributed by atoms with Crippen LogP contribution in [-0.2, 0) is 5.41 Å². The number of halogens is 2. The van der Waals surface area contributed by atoms with Gasteiger partial charge in [-0.3, -0.25) is 4.98 Å². The molecule has 0 unspecified atom stereocenters. The van der Waals surface area contributed by atoms with E-state index in [1.165, 1.54) is 5.56 Å². The summed E-state index contributed by atoms with van der Waals surface area (Å²) in [6.45, 7) is 6.50. The third-order valence-corrected chi connectivity index (χ3v) is 3.42. The van der Waals surface area contributed by atoms with Gasteiger partial charge in [0.1, 0.15) is 0 Å². The number of pyridine rings is 1. The van der Waals surface area contributed by atoms with Gasteiger partial charge in [-0.25, -0.2) is 0 Å². The number of benzene rings is 1. The van der Waals surface area contributed by atoms with E-state index in [2.05, 4.69) is 37.9 Å². The van der Waals surface area contributed by atoms with Gasteiger partial charge in [0.2, 0.25) is 0 Å². The largest absolute Gasteiger partial charge is 0.255 e. The average Bonchev–Trinajstić information content (AvgIpc) is 2.22. The smallest absolute Gasteiger partial charge is 0.0782 e. The number of rotatable bonds is 0. The van der Waals surface area contributed by atoms with E-state index in [4.69, 9.17) is 23.2 Å². The van der Waals surface area contributed by atoms with Crippen LogP contribution in [0.1, 0.15) is 26.3 Å². The van der Waals surface area contributed by atoms with Crippen LogP contribution in [-0.4, -0.2) is 4.98 Å². The maximum absolute atomic E-state index is 6.18. The van der Waals surface area contributed by atoms with Gasteiger partial charge in [0.05, 0.1) is 15.6 Å². The maximum Gasteiger partial charge on any atom is 0.0782 e. The van der Waals surface area contributed by atoms with E-state index in [-0.39, 0.29) is 5.41 Å². The molecular weight excluding hydrogens is 241 g/mol. The van der Waals surface area contributed by atoms with Crippen molar-refractivity contribution < 1.29 is 0 Å². The van der Waals surface area contributed by atoms with Crippen molar-refractivity contribution in [2.45, 2.75) is 26.2 Å². The second-order valence-electron chi connectivity index (χ2n) is 4.90. The topological polar surface area (TPSA) is 12.9 Å². The normalized spacial score (nSPS) is 12.1. The maximum atomic E-state index is 6.18. The van der Waals surface area contributed by atoms with Crippen LogP contribution in [0.3, 0.4) is 0 Å². The molecule has 0 aliphatic rings. The zero-order chi connectivity index (χ0) is 11.9. The molecule has 0 amide bonds. The molecule has 0 spiro atoms. The van der Waals surface area contributed by atoms with Crippen molar-refractivity contribution in [2.75, 3.05) is 0 Å². The van der Waals surface area contributed by atoms with Crippen molar-refractivity contribution in [3.05, 3.63) is 40.0 Å². The highest BCUT2D eigenvalue weighted by Gasteiger charge is 2.15. The molecule has 1 aromatic heterocycles. The van der Waals surface area contributed by atoms with E-state index in [9.17, 15) is 0 Å². The van der Waals surface area contributed by atoms with E-state index >= 15 is 0 Å². The third kappa shape index (κ3) is 2.02. The lowest BCUT2D eigenvalue weighted by molar-refractivity contribution is 0.591. The summed E-state index contributed by atoms with van der Waals surface area (Å²) < 4.78 is 0. The highest BCUT2D eigenvalue weighted by Crippen LogP contribution is 2.32. The molecule has 84 valence electrons. The van der Waals surface area contributed by atoms with Gasteiger partial charge in [-0.1, -0.05) is 50.0 Å². The quantitative estimate of drug-likeness (QED) is 0.655. The summed E-state index contributed by atoms with van der Waals surface area (Å²) in [5.41, 5.74) is 2.20. The van der Waals surface area contributed by atoms with Crippen LogP contribution in [0.15, 0.2) is 24.4 Å². The number of nitrogens with zero attached hydrogens (tertiary/aromatic N) is 1. The van der Waals surface area contributed by atoms with Crippen LogP contribution in [0, 0.1) is 0 Å². The summed E-state index contributed by atoms with van der Waals surface area (Å²) in [5.74, 6) is 0. The lowest BCUT2D eigenvalue weighted by Crippen LogP contribution is -2.10. The Bertz CT molecular complexity index is 541. The minimum Gasteiger partial charge on any atom is -0.255 e. The first-order chi connectivity index (χ1) is 7.39. The van der Waals surface area contributed by atoms with Crippen molar-refractivity contribution >= 4 is 34.1 Å². The predicted molar refractivity (Wildman–Crippen MR) is 70.5 cm³/mol. The fraction of sp³-hybridized carbons (Fsp3) is 0.308. The SMILES string of the molecule is CC(C)(C)c1ccc2ncc(Cl)c(Cl)c2c1. The predicted octanol–water partition coefficient (Wildman–Crippen LogP) is 4.84. The van der Waals surface area contributed by atoms with E-state index in [1.807, 2.05) is 6.07 Å². The van der Waals surface area contributed by atoms with E-state index < -0.39 is 0 Å². The van der Waals surface area contributed by atoms with E-state index in [1.54, 1.807) is 6.20 Å². The van der Waals surface area contributed by atoms with Crippen LogP contribution in [0.25, 0.3) is 10.9 Å². The molecule has 0 saturated carbocycles. The molecule has 0 atom stereocenters. The van der Waals surface area contributed by atoms with Crippen molar-refractivity contribution in [2.24, 2.45) is 0 Å². The summed E-state index contributed by atoms with van der Waals surface area (Å²) in [5, 5.41) is 2.00. The van der Waals surface area contributed by atoms with Crippen molar-refractivity contribution in [3.8, 4) is 0 Å². The molecule has 0 fully saturated rings. The Balaban J connectivity index is 2.74. The van der Waals surface area contributed by atoms with E-state index in [0.717, 1.165) is 10.9 Å². The number of aromatic nitrogens is 1. The van der Waals surface area contributed by atoms with Crippen LogP contribution < -0.4 is 0 Å². The Kier molecular flexibility index (Phi) is 2.85. The van der Waals surface area contributed by atoms with Gasteiger partial charge < -0.3 is 0 Å². The summed E-state index contributed by atoms with van der Waals surface area (Å²) in [6, 6.07) is 6.13. The molecule has 1 heterocycles. The molecule has 16 heavy (non-hydrogen) atoms. The molecule has 0 N–H and O–H groups in total. The van der Waals surface area contributed by atoms with Crippen molar-refractivity contribution in [1.29, 1.82) is 0 Å². The van der Waals surface area contributed by atoms with Gasteiger partial charge in [0, 0.05) is 11.6 Å². The van der Waals surface area contributed by atoms with Gasteiger partial charge in [-0.05, 0) is 23.1 Å². The van der Waals surface area contributed by atoms with Crippen molar-refractivity contribution in [1.82, 2.24) is 4.98 Å². The molecule has 0 bridgehead atoms. The summed E-state index contributed by atoms with van der Waals surface area (Å²) in [4.78, 5) is 4.25. The van der Waals surface area contributed by atoms with Gasteiger partial charge in [-0.2, -0.15) is 0 Å². The van der Waals surface area contributed by atoms with Gasteiger partial charge >= 0.3 is 0 Å². The summed E-state index contributed by atoms with van der Waals surface area (Å²) in [7, 11) is 0. The molecule has 0 saturated heterocycles. The van der Waals surface area contributed by atoms with Crippen LogP contribution in [0.5, 0.6) is 0 Å². The Morgan fingerprint density at radius 1 is 1.12 bits per heavy atom. The molecule has 2 rings (SSSR count). The standard InChI is InChI=1S/C13H13Cl2N/c1-13(2,3)8-4-5-11-9(6-8)12(15)10(14)7-16-11/h4-7H,1-3H3. The highest BCUT2D eigenvalue weighted by molar-refractivity contribution is 6.45. The molecule has 1 nitrogen and oxygen atoms in total. The lowest BCUT2D eigenvalue weighted by Gasteiger charge is -2.19. The molecule has 0 aliphatic heterocycles. The van der Waals surface area contributed by atoms with Crippen LogP contribution in [0.4, 0.5) is 0 Å². The first kappa shape index (κ1) is 11.7. The Morgan fingerprint density at radius 2 is 1.81 bits per heavy atom. The van der Waals surface area contributed by atoms with E-state index in [0.29, 0.717) is 10.0 Å². The number of hydrogen-bond acceptors (Lipinski definition) is 1. The van der Waals surface area contributed by atoms with Crippen molar-refractivity contribution in [3.63, 3.8) is 0 Å². The molecule has 1 aromatic carbocycles. The summed E-state index contributed by atoms with van der Waals surface area (Å²) >= 11 is 12.1. The monoisotopic (exact) mass is 253 g/mol. The minimum absolute atomic E-state index is 0.0971. The van der Waals surface area contributed by atoms with Gasteiger partial charge in [-0.15, -0.1) is 0 Å². The molecular formula is C13H13Cl2N. The van der Waals surface area contributed by atoms with Gasteiger partial charge in [0.25, 0.3) is 0 Å².